The lowest BCUT2D eigenvalue weighted by molar-refractivity contribution is -0.139. The van der Waals surface area contributed by atoms with Crippen molar-refractivity contribution >= 4 is 5.97 Å². The number of hydrogen-bond donors (Lipinski definition) is 0. The van der Waals surface area contributed by atoms with E-state index in [1.54, 1.807) is 6.92 Å². The van der Waals surface area contributed by atoms with Gasteiger partial charge in [0.15, 0.2) is 0 Å². The molecule has 0 saturated heterocycles. The molecule has 1 atom stereocenters. The van der Waals surface area contributed by atoms with Crippen molar-refractivity contribution < 1.29 is 9.53 Å². The lowest BCUT2D eigenvalue weighted by Gasteiger charge is -2.27. The van der Waals surface area contributed by atoms with Crippen LogP contribution in [0.5, 0.6) is 0 Å². The average Bonchev–Trinajstić information content (AvgIpc) is 2.00. The maximum Gasteiger partial charge on any atom is 0.333 e. The molecule has 2 heteroatoms. The van der Waals surface area contributed by atoms with Crippen molar-refractivity contribution in [1.82, 2.24) is 0 Å². The number of carbonyl (C=O) groups is 1. The number of rotatable bonds is 3. The molecule has 0 saturated carbocycles. The quantitative estimate of drug-likeness (QED) is 0.498. The zero-order valence-electron chi connectivity index (χ0n) is 9.31. The zero-order valence-corrected chi connectivity index (χ0v) is 9.31. The third kappa shape index (κ3) is 3.62. The highest BCUT2D eigenvalue weighted by Gasteiger charge is 2.26. The molecule has 0 aromatic carbocycles. The second-order valence-electron chi connectivity index (χ2n) is 4.33. The molecule has 0 spiro atoms. The smallest absolute Gasteiger partial charge is 0.333 e. The molecule has 0 aromatic heterocycles. The molecule has 0 heterocycles. The van der Waals surface area contributed by atoms with Gasteiger partial charge in [0.1, 0.15) is 0 Å². The maximum absolute atomic E-state index is 11.3. The van der Waals surface area contributed by atoms with Gasteiger partial charge in [-0.15, -0.1) is 0 Å². The van der Waals surface area contributed by atoms with E-state index in [4.69, 9.17) is 4.74 Å². The van der Waals surface area contributed by atoms with Crippen molar-refractivity contribution in [2.45, 2.75) is 34.6 Å². The maximum atomic E-state index is 11.3. The van der Waals surface area contributed by atoms with Crippen LogP contribution in [0.2, 0.25) is 0 Å². The van der Waals surface area contributed by atoms with E-state index in [1.807, 2.05) is 6.92 Å². The van der Waals surface area contributed by atoms with Crippen LogP contribution in [0.1, 0.15) is 34.6 Å². The Balaban J connectivity index is 4.35. The molecule has 76 valence electrons. The Bertz CT molecular complexity index is 199. The lowest BCUT2D eigenvalue weighted by Crippen LogP contribution is -2.24. The van der Waals surface area contributed by atoms with Crippen molar-refractivity contribution in [2.75, 3.05) is 6.61 Å². The van der Waals surface area contributed by atoms with Crippen LogP contribution in [0.3, 0.4) is 0 Å². The molecule has 0 aliphatic carbocycles. The molecule has 0 bridgehead atoms. The van der Waals surface area contributed by atoms with E-state index in [-0.39, 0.29) is 17.3 Å². The fourth-order valence-corrected chi connectivity index (χ4v) is 0.923. The highest BCUT2D eigenvalue weighted by molar-refractivity contribution is 5.88. The Morgan fingerprint density at radius 3 is 2.23 bits per heavy atom. The van der Waals surface area contributed by atoms with Gasteiger partial charge < -0.3 is 4.74 Å². The molecule has 0 amide bonds. The summed E-state index contributed by atoms with van der Waals surface area (Å²) in [6, 6.07) is 0. The average molecular weight is 184 g/mol. The van der Waals surface area contributed by atoms with Crippen LogP contribution in [-0.4, -0.2) is 12.6 Å². The molecule has 13 heavy (non-hydrogen) atoms. The summed E-state index contributed by atoms with van der Waals surface area (Å²) in [6.07, 6.45) is 0. The lowest BCUT2D eigenvalue weighted by atomic mass is 9.78. The Kier molecular flexibility index (Phi) is 4.18. The second-order valence-corrected chi connectivity index (χ2v) is 4.33. The van der Waals surface area contributed by atoms with Crippen molar-refractivity contribution in [3.05, 3.63) is 12.2 Å². The summed E-state index contributed by atoms with van der Waals surface area (Å²) in [5.41, 5.74) is 0.624. The SMILES string of the molecule is C=C(C(=O)OCC)[C@H](C)C(C)(C)C. The minimum atomic E-state index is -0.273. The first kappa shape index (κ1) is 12.2. The largest absolute Gasteiger partial charge is 0.463 e. The fraction of sp³-hybridized carbons (Fsp3) is 0.727. The summed E-state index contributed by atoms with van der Waals surface area (Å²) >= 11 is 0. The van der Waals surface area contributed by atoms with E-state index >= 15 is 0 Å². The van der Waals surface area contributed by atoms with Crippen LogP contribution in [0.25, 0.3) is 0 Å². The van der Waals surface area contributed by atoms with Gasteiger partial charge in [-0.05, 0) is 18.3 Å². The Hall–Kier alpha value is -0.790. The van der Waals surface area contributed by atoms with Gasteiger partial charge in [-0.1, -0.05) is 34.3 Å². The van der Waals surface area contributed by atoms with E-state index in [9.17, 15) is 4.79 Å². The number of ether oxygens (including phenoxy) is 1. The third-order valence-corrected chi connectivity index (χ3v) is 2.36. The number of esters is 1. The normalized spacial score (nSPS) is 13.6. The van der Waals surface area contributed by atoms with E-state index in [2.05, 4.69) is 27.4 Å². The van der Waals surface area contributed by atoms with E-state index < -0.39 is 0 Å². The van der Waals surface area contributed by atoms with Crippen molar-refractivity contribution in [2.24, 2.45) is 11.3 Å². The first-order valence-electron chi connectivity index (χ1n) is 4.66. The molecule has 0 rings (SSSR count). The standard InChI is InChI=1S/C11H20O2/c1-7-13-10(12)8(2)9(3)11(4,5)6/h9H,2,7H2,1,3-6H3/t9-/m0/s1. The van der Waals surface area contributed by atoms with Gasteiger partial charge in [-0.3, -0.25) is 0 Å². The van der Waals surface area contributed by atoms with Gasteiger partial charge in [-0.2, -0.15) is 0 Å². The minimum Gasteiger partial charge on any atom is -0.463 e. The van der Waals surface area contributed by atoms with Crippen molar-refractivity contribution in [3.63, 3.8) is 0 Å². The predicted molar refractivity (Wildman–Crippen MR) is 54.4 cm³/mol. The van der Waals surface area contributed by atoms with Crippen molar-refractivity contribution in [1.29, 1.82) is 0 Å². The van der Waals surface area contributed by atoms with E-state index in [0.29, 0.717) is 12.2 Å². The van der Waals surface area contributed by atoms with Crippen LogP contribution < -0.4 is 0 Å². The van der Waals surface area contributed by atoms with Gasteiger partial charge in [0.2, 0.25) is 0 Å². The Morgan fingerprint density at radius 2 is 1.92 bits per heavy atom. The molecule has 0 unspecified atom stereocenters. The second kappa shape index (κ2) is 4.45. The summed E-state index contributed by atoms with van der Waals surface area (Å²) in [7, 11) is 0. The van der Waals surface area contributed by atoms with E-state index in [0.717, 1.165) is 0 Å². The summed E-state index contributed by atoms with van der Waals surface area (Å²) in [4.78, 5) is 11.3. The summed E-state index contributed by atoms with van der Waals surface area (Å²) < 4.78 is 4.88. The van der Waals surface area contributed by atoms with Gasteiger partial charge in [0.25, 0.3) is 0 Å². The van der Waals surface area contributed by atoms with Crippen LogP contribution in [0.4, 0.5) is 0 Å². The minimum absolute atomic E-state index is 0.0594. The van der Waals surface area contributed by atoms with Gasteiger partial charge in [-0.25, -0.2) is 4.79 Å². The van der Waals surface area contributed by atoms with Gasteiger partial charge in [0, 0.05) is 5.57 Å². The predicted octanol–water partition coefficient (Wildman–Crippen LogP) is 2.79. The summed E-state index contributed by atoms with van der Waals surface area (Å²) in [6.45, 7) is 14.2. The van der Waals surface area contributed by atoms with Crippen LogP contribution >= 0.6 is 0 Å². The molecule has 0 N–H and O–H groups in total. The summed E-state index contributed by atoms with van der Waals surface area (Å²) in [5.74, 6) is -0.128. The van der Waals surface area contributed by atoms with Crippen LogP contribution in [0.15, 0.2) is 12.2 Å². The first-order valence-corrected chi connectivity index (χ1v) is 4.66. The highest BCUT2D eigenvalue weighted by atomic mass is 16.5. The molecule has 0 fully saturated rings. The fourth-order valence-electron chi connectivity index (χ4n) is 0.923. The van der Waals surface area contributed by atoms with Crippen LogP contribution in [-0.2, 0) is 9.53 Å². The molecule has 2 nitrogen and oxygen atoms in total. The molecule has 0 radical (unpaired) electrons. The molecule has 0 aliphatic rings. The zero-order chi connectivity index (χ0) is 10.6. The number of carbonyl (C=O) groups excluding carboxylic acids is 1. The summed E-state index contributed by atoms with van der Waals surface area (Å²) in [5, 5.41) is 0. The van der Waals surface area contributed by atoms with Crippen molar-refractivity contribution in [3.8, 4) is 0 Å². The molecule has 0 aliphatic heterocycles. The molecular formula is C11H20O2. The highest BCUT2D eigenvalue weighted by Crippen LogP contribution is 2.30. The van der Waals surface area contributed by atoms with E-state index in [1.165, 1.54) is 0 Å². The van der Waals surface area contributed by atoms with Gasteiger partial charge in [0.05, 0.1) is 6.61 Å². The molecule has 0 aromatic rings. The Labute approximate surface area is 81.0 Å². The first-order chi connectivity index (χ1) is 5.80. The van der Waals surface area contributed by atoms with Gasteiger partial charge >= 0.3 is 5.97 Å². The van der Waals surface area contributed by atoms with Crippen LogP contribution in [0, 0.1) is 11.3 Å². The monoisotopic (exact) mass is 184 g/mol. The third-order valence-electron chi connectivity index (χ3n) is 2.36. The topological polar surface area (TPSA) is 26.3 Å². The number of hydrogen-bond acceptors (Lipinski definition) is 2. The molecular weight excluding hydrogens is 164 g/mol. The Morgan fingerprint density at radius 1 is 1.46 bits per heavy atom.